The zero-order valence-corrected chi connectivity index (χ0v) is 28.4. The minimum atomic E-state index is -0.0866. The van der Waals surface area contributed by atoms with Crippen LogP contribution >= 0.6 is 0 Å². The molecule has 2 aromatic rings. The second-order valence-electron chi connectivity index (χ2n) is 10.4. The molecule has 2 aromatic carbocycles. The van der Waals surface area contributed by atoms with Gasteiger partial charge in [-0.15, -0.1) is 0 Å². The summed E-state index contributed by atoms with van der Waals surface area (Å²) in [4.78, 5) is 0. The Hall–Kier alpha value is -3.50. The van der Waals surface area contributed by atoms with Crippen molar-refractivity contribution in [3.05, 3.63) is 68.8 Å². The van der Waals surface area contributed by atoms with Crippen LogP contribution in [-0.2, 0) is 64.3 Å². The molecule has 0 aromatic heterocycles. The van der Waals surface area contributed by atoms with E-state index in [2.05, 4.69) is 24.0 Å². The van der Waals surface area contributed by atoms with Crippen molar-refractivity contribution in [3.8, 4) is 24.0 Å². The van der Waals surface area contributed by atoms with E-state index in [1.807, 2.05) is 0 Å². The van der Waals surface area contributed by atoms with Gasteiger partial charge >= 0.3 is 0 Å². The van der Waals surface area contributed by atoms with Crippen LogP contribution in [0.25, 0.3) is 0 Å². The molecular weight excluding hydrogens is 652 g/mol. The Morgan fingerprint density at radius 3 is 0.840 bits per heavy atom. The molecule has 14 heteroatoms. The van der Waals surface area contributed by atoms with Gasteiger partial charge in [0.05, 0.1) is 155 Å². The van der Waals surface area contributed by atoms with Crippen LogP contribution in [0.3, 0.4) is 0 Å². The normalized spacial score (nSPS) is 10.8. The van der Waals surface area contributed by atoms with Crippen LogP contribution in [0.5, 0.6) is 0 Å². The smallest absolute Gasteiger partial charge is 0.0999 e. The predicted octanol–water partition coefficient (Wildman–Crippen LogP) is 0.932. The number of aliphatic hydroxyl groups is 4. The summed E-state index contributed by atoms with van der Waals surface area (Å²) in [5, 5.41) is 55.7. The average molecular weight is 701 g/mol. The summed E-state index contributed by atoms with van der Waals surface area (Å²) in [6, 6.07) is 11.6. The molecule has 0 unspecified atom stereocenters. The van der Waals surface area contributed by atoms with E-state index in [-0.39, 0.29) is 132 Å². The van der Waals surface area contributed by atoms with Crippen molar-refractivity contribution in [3.63, 3.8) is 0 Å². The van der Waals surface area contributed by atoms with Crippen molar-refractivity contribution in [2.24, 2.45) is 0 Å². The highest BCUT2D eigenvalue weighted by atomic mass is 16.5. The zero-order valence-electron chi connectivity index (χ0n) is 28.4. The SMILES string of the molecule is N#Cc1c(COCCOCCO)cc(C#Cc2cc(COCCOCCO)c(C#N)c(COCCOCCO)c2)cc1COCCOCCO. The van der Waals surface area contributed by atoms with E-state index in [1.165, 1.54) is 0 Å². The Bertz CT molecular complexity index is 1200. The number of nitrogens with zero attached hydrogens (tertiary/aromatic N) is 2. The van der Waals surface area contributed by atoms with Crippen LogP contribution < -0.4 is 0 Å². The third kappa shape index (κ3) is 17.4. The lowest BCUT2D eigenvalue weighted by molar-refractivity contribution is 0.0259. The molecule has 0 aliphatic rings. The van der Waals surface area contributed by atoms with Gasteiger partial charge in [0.15, 0.2) is 0 Å². The number of hydrogen-bond acceptors (Lipinski definition) is 14. The summed E-state index contributed by atoms with van der Waals surface area (Å²) in [6.07, 6.45) is 0. The maximum absolute atomic E-state index is 10.0. The maximum Gasteiger partial charge on any atom is 0.0999 e. The van der Waals surface area contributed by atoms with E-state index >= 15 is 0 Å². The molecule has 50 heavy (non-hydrogen) atoms. The molecule has 0 bridgehead atoms. The molecule has 0 atom stereocenters. The molecule has 274 valence electrons. The fourth-order valence-corrected chi connectivity index (χ4v) is 4.43. The molecule has 0 heterocycles. The maximum atomic E-state index is 10.0. The van der Waals surface area contributed by atoms with Crippen LogP contribution in [0, 0.1) is 34.5 Å². The Morgan fingerprint density at radius 1 is 0.380 bits per heavy atom. The lowest BCUT2D eigenvalue weighted by Gasteiger charge is -2.13. The molecule has 14 nitrogen and oxygen atoms in total. The minimum absolute atomic E-state index is 0.0866. The summed E-state index contributed by atoms with van der Waals surface area (Å²) < 4.78 is 44.0. The fourth-order valence-electron chi connectivity index (χ4n) is 4.43. The second kappa shape index (κ2) is 28.2. The largest absolute Gasteiger partial charge is 0.394 e. The molecule has 0 fully saturated rings. The van der Waals surface area contributed by atoms with Gasteiger partial charge in [0.2, 0.25) is 0 Å². The molecular formula is C36H48N2O12. The Kier molecular flexibility index (Phi) is 24.1. The first-order valence-electron chi connectivity index (χ1n) is 16.3. The van der Waals surface area contributed by atoms with Gasteiger partial charge in [0, 0.05) is 11.1 Å². The van der Waals surface area contributed by atoms with Crippen LogP contribution in [0.1, 0.15) is 44.5 Å². The van der Waals surface area contributed by atoms with E-state index in [0.29, 0.717) is 44.5 Å². The van der Waals surface area contributed by atoms with Gasteiger partial charge in [-0.2, -0.15) is 10.5 Å². The van der Waals surface area contributed by atoms with Crippen molar-refractivity contribution < 1.29 is 58.3 Å². The summed E-state index contributed by atoms with van der Waals surface area (Å²) in [7, 11) is 0. The number of hydrogen-bond donors (Lipinski definition) is 4. The number of nitriles is 2. The monoisotopic (exact) mass is 700 g/mol. The van der Waals surface area contributed by atoms with Crippen molar-refractivity contribution in [2.75, 3.05) is 106 Å². The van der Waals surface area contributed by atoms with Gasteiger partial charge < -0.3 is 58.3 Å². The molecule has 2 rings (SSSR count). The van der Waals surface area contributed by atoms with Gasteiger partial charge in [-0.1, -0.05) is 11.8 Å². The molecule has 0 aliphatic carbocycles. The van der Waals surface area contributed by atoms with Crippen LogP contribution in [0.2, 0.25) is 0 Å². The first-order valence-corrected chi connectivity index (χ1v) is 16.3. The molecule has 0 saturated heterocycles. The third-order valence-corrected chi connectivity index (χ3v) is 6.64. The lowest BCUT2D eigenvalue weighted by atomic mass is 9.97. The third-order valence-electron chi connectivity index (χ3n) is 6.64. The Labute approximate surface area is 293 Å². The van der Waals surface area contributed by atoms with Gasteiger partial charge in [-0.05, 0) is 46.5 Å². The summed E-state index contributed by atoms with van der Waals surface area (Å²) in [5.41, 5.74) is 4.50. The summed E-state index contributed by atoms with van der Waals surface area (Å²) in [6.45, 7) is 3.15. The molecule has 4 N–H and O–H groups in total. The van der Waals surface area contributed by atoms with Crippen LogP contribution in [-0.4, -0.2) is 126 Å². The molecule has 0 spiro atoms. The van der Waals surface area contributed by atoms with E-state index < -0.39 is 0 Å². The highest BCUT2D eigenvalue weighted by Crippen LogP contribution is 2.22. The minimum Gasteiger partial charge on any atom is -0.394 e. The number of benzene rings is 2. The van der Waals surface area contributed by atoms with E-state index in [1.54, 1.807) is 24.3 Å². The molecule has 0 radical (unpaired) electrons. The number of aliphatic hydroxyl groups excluding tert-OH is 4. The molecule has 0 aliphatic heterocycles. The van der Waals surface area contributed by atoms with Gasteiger partial charge in [-0.25, -0.2) is 0 Å². The van der Waals surface area contributed by atoms with Crippen molar-refractivity contribution in [1.29, 1.82) is 10.5 Å². The van der Waals surface area contributed by atoms with Gasteiger partial charge in [-0.3, -0.25) is 0 Å². The predicted molar refractivity (Wildman–Crippen MR) is 179 cm³/mol. The van der Waals surface area contributed by atoms with Gasteiger partial charge in [0.1, 0.15) is 0 Å². The summed E-state index contributed by atoms with van der Waals surface area (Å²) >= 11 is 0. The first-order chi connectivity index (χ1) is 24.6. The standard InChI is InChI=1S/C36H48N2O12/c37-23-35-31(25-47-15-11-43-7-3-39)19-29(20-32(35)26-48-16-12-44-8-4-40)1-2-30-21-33(27-49-17-13-45-9-5-41)36(24-38)34(22-30)28-50-18-14-46-10-6-42/h19-22,39-42H,3-18,25-28H2. The van der Waals surface area contributed by atoms with Gasteiger partial charge in [0.25, 0.3) is 0 Å². The highest BCUT2D eigenvalue weighted by molar-refractivity contribution is 5.55. The van der Waals surface area contributed by atoms with Crippen LogP contribution in [0.15, 0.2) is 24.3 Å². The lowest BCUT2D eigenvalue weighted by Crippen LogP contribution is -2.10. The number of ether oxygens (including phenoxy) is 8. The second-order valence-corrected chi connectivity index (χ2v) is 10.4. The average Bonchev–Trinajstić information content (AvgIpc) is 3.13. The van der Waals surface area contributed by atoms with E-state index in [4.69, 9.17) is 58.3 Å². The Morgan fingerprint density at radius 2 is 0.620 bits per heavy atom. The molecule has 0 saturated carbocycles. The first kappa shape index (κ1) is 42.7. The van der Waals surface area contributed by atoms with Crippen molar-refractivity contribution >= 4 is 0 Å². The number of rotatable bonds is 28. The highest BCUT2D eigenvalue weighted by Gasteiger charge is 2.14. The van der Waals surface area contributed by atoms with E-state index in [9.17, 15) is 10.5 Å². The van der Waals surface area contributed by atoms with Crippen molar-refractivity contribution in [1.82, 2.24) is 0 Å². The van der Waals surface area contributed by atoms with E-state index in [0.717, 1.165) is 0 Å². The zero-order chi connectivity index (χ0) is 36.1. The fraction of sp³-hybridized carbons (Fsp3) is 0.556. The quantitative estimate of drug-likeness (QED) is 0.0721. The molecule has 0 amide bonds. The van der Waals surface area contributed by atoms with Crippen molar-refractivity contribution in [2.45, 2.75) is 26.4 Å². The topological polar surface area (TPSA) is 202 Å². The van der Waals surface area contributed by atoms with Crippen LogP contribution in [0.4, 0.5) is 0 Å². The Balaban J connectivity index is 2.38. The summed E-state index contributed by atoms with van der Waals surface area (Å²) in [5.74, 6) is 6.35.